The number of halogens is 1. The van der Waals surface area contributed by atoms with Crippen molar-refractivity contribution in [1.82, 2.24) is 10.2 Å². The van der Waals surface area contributed by atoms with Gasteiger partial charge >= 0.3 is 0 Å². The van der Waals surface area contributed by atoms with Crippen molar-refractivity contribution in [3.63, 3.8) is 0 Å². The topological polar surface area (TPSA) is 58.4 Å². The summed E-state index contributed by atoms with van der Waals surface area (Å²) < 4.78 is 0.828. The average Bonchev–Trinajstić information content (AvgIpc) is 2.45. The van der Waals surface area contributed by atoms with Crippen LogP contribution in [0.1, 0.15) is 36.5 Å². The highest BCUT2D eigenvalue weighted by atomic mass is 79.9. The fourth-order valence-electron chi connectivity index (χ4n) is 2.76. The third-order valence-corrected chi connectivity index (χ3v) is 4.27. The molecule has 1 aromatic rings. The van der Waals surface area contributed by atoms with Gasteiger partial charge in [0, 0.05) is 28.8 Å². The fourth-order valence-corrected chi connectivity index (χ4v) is 3.27. The Morgan fingerprint density at radius 3 is 2.71 bits per heavy atom. The van der Waals surface area contributed by atoms with Crippen LogP contribution in [0, 0.1) is 5.92 Å². The van der Waals surface area contributed by atoms with Crippen molar-refractivity contribution in [1.29, 1.82) is 0 Å². The molecule has 1 aliphatic heterocycles. The van der Waals surface area contributed by atoms with E-state index in [1.54, 1.807) is 18.2 Å². The Labute approximate surface area is 135 Å². The lowest BCUT2D eigenvalue weighted by atomic mass is 10.1. The zero-order valence-electron chi connectivity index (χ0n) is 12.6. The molecule has 0 bridgehead atoms. The van der Waals surface area contributed by atoms with E-state index in [0.29, 0.717) is 23.7 Å². The highest BCUT2D eigenvalue weighted by Crippen LogP contribution is 2.17. The van der Waals surface area contributed by atoms with Crippen LogP contribution in [0.4, 0.5) is 5.69 Å². The highest BCUT2D eigenvalue weighted by Gasteiger charge is 2.14. The second-order valence-electron chi connectivity index (χ2n) is 5.95. The molecule has 0 aromatic heterocycles. The Kier molecular flexibility index (Phi) is 6.06. The van der Waals surface area contributed by atoms with Gasteiger partial charge in [-0.2, -0.15) is 0 Å². The molecule has 1 aromatic carbocycles. The molecular formula is C16H24BrN3O. The van der Waals surface area contributed by atoms with E-state index in [1.807, 2.05) is 0 Å². The van der Waals surface area contributed by atoms with Crippen molar-refractivity contribution in [2.45, 2.75) is 26.2 Å². The van der Waals surface area contributed by atoms with Crippen molar-refractivity contribution in [2.24, 2.45) is 5.92 Å². The van der Waals surface area contributed by atoms with Crippen LogP contribution in [0.2, 0.25) is 0 Å². The zero-order chi connectivity index (χ0) is 15.2. The molecule has 21 heavy (non-hydrogen) atoms. The number of nitrogens with one attached hydrogen (secondary N) is 1. The van der Waals surface area contributed by atoms with Crippen molar-refractivity contribution < 1.29 is 4.79 Å². The number of benzene rings is 1. The largest absolute Gasteiger partial charge is 0.399 e. The summed E-state index contributed by atoms with van der Waals surface area (Å²) >= 11 is 3.36. The van der Waals surface area contributed by atoms with Crippen molar-refractivity contribution >= 4 is 27.5 Å². The summed E-state index contributed by atoms with van der Waals surface area (Å²) in [4.78, 5) is 14.6. The van der Waals surface area contributed by atoms with Crippen molar-refractivity contribution in [2.75, 3.05) is 31.9 Å². The number of hydrogen-bond donors (Lipinski definition) is 2. The quantitative estimate of drug-likeness (QED) is 0.800. The molecule has 1 aliphatic rings. The number of nitrogen functional groups attached to an aromatic ring is 1. The van der Waals surface area contributed by atoms with Crippen LogP contribution >= 0.6 is 15.9 Å². The van der Waals surface area contributed by atoms with Gasteiger partial charge in [0.25, 0.3) is 5.91 Å². The zero-order valence-corrected chi connectivity index (χ0v) is 14.2. The Bertz CT molecular complexity index is 466. The molecule has 0 aliphatic carbocycles. The first-order chi connectivity index (χ1) is 10.0. The van der Waals surface area contributed by atoms with Crippen LogP contribution in [-0.2, 0) is 0 Å². The highest BCUT2D eigenvalue weighted by molar-refractivity contribution is 9.10. The lowest BCUT2D eigenvalue weighted by Gasteiger charge is -2.29. The maximum absolute atomic E-state index is 12.1. The number of hydrogen-bond acceptors (Lipinski definition) is 3. The average molecular weight is 354 g/mol. The van der Waals surface area contributed by atoms with Gasteiger partial charge in [-0.25, -0.2) is 0 Å². The molecule has 4 nitrogen and oxygen atoms in total. The van der Waals surface area contributed by atoms with Crippen LogP contribution in [0.3, 0.4) is 0 Å². The SMILES string of the molecule is CC(CNC(=O)c1cc(N)cc(Br)c1)CN1CCCCC1. The number of piperidine rings is 1. The molecule has 5 heteroatoms. The van der Waals surface area contributed by atoms with E-state index in [-0.39, 0.29) is 5.91 Å². The van der Waals surface area contributed by atoms with Gasteiger partial charge in [0.2, 0.25) is 0 Å². The fraction of sp³-hybridized carbons (Fsp3) is 0.562. The molecule has 1 heterocycles. The number of amides is 1. The normalized spacial score (nSPS) is 17.4. The number of nitrogens with zero attached hydrogens (tertiary/aromatic N) is 1. The Balaban J connectivity index is 1.79. The third kappa shape index (κ3) is 5.32. The third-order valence-electron chi connectivity index (χ3n) is 3.81. The number of likely N-dealkylation sites (tertiary alicyclic amines) is 1. The number of carbonyl (C=O) groups is 1. The van der Waals surface area contributed by atoms with Crippen molar-refractivity contribution in [3.05, 3.63) is 28.2 Å². The van der Waals surface area contributed by atoms with E-state index < -0.39 is 0 Å². The summed E-state index contributed by atoms with van der Waals surface area (Å²) in [7, 11) is 0. The molecule has 1 amide bonds. The van der Waals surface area contributed by atoms with Crippen LogP contribution < -0.4 is 11.1 Å². The van der Waals surface area contributed by atoms with Gasteiger partial charge < -0.3 is 16.0 Å². The van der Waals surface area contributed by atoms with E-state index in [1.165, 1.54) is 32.4 Å². The van der Waals surface area contributed by atoms with Gasteiger partial charge in [0.1, 0.15) is 0 Å². The summed E-state index contributed by atoms with van der Waals surface area (Å²) in [6, 6.07) is 5.28. The Morgan fingerprint density at radius 1 is 1.33 bits per heavy atom. The summed E-state index contributed by atoms with van der Waals surface area (Å²) in [6.45, 7) is 6.33. The Hall–Kier alpha value is -1.07. The van der Waals surface area contributed by atoms with E-state index in [0.717, 1.165) is 11.0 Å². The minimum atomic E-state index is -0.0616. The molecule has 1 saturated heterocycles. The van der Waals surface area contributed by atoms with E-state index >= 15 is 0 Å². The predicted molar refractivity (Wildman–Crippen MR) is 90.3 cm³/mol. The lowest BCUT2D eigenvalue weighted by molar-refractivity contribution is 0.0942. The number of nitrogens with two attached hydrogens (primary N) is 1. The maximum Gasteiger partial charge on any atom is 0.251 e. The second-order valence-corrected chi connectivity index (χ2v) is 6.87. The van der Waals surface area contributed by atoms with Crippen LogP contribution in [0.5, 0.6) is 0 Å². The molecule has 3 N–H and O–H groups in total. The van der Waals surface area contributed by atoms with Gasteiger partial charge in [-0.1, -0.05) is 29.3 Å². The first kappa shape index (κ1) is 16.3. The van der Waals surface area contributed by atoms with Gasteiger partial charge in [-0.15, -0.1) is 0 Å². The first-order valence-electron chi connectivity index (χ1n) is 7.61. The van der Waals surface area contributed by atoms with Crippen LogP contribution in [0.25, 0.3) is 0 Å². The minimum Gasteiger partial charge on any atom is -0.399 e. The molecule has 0 spiro atoms. The molecule has 1 fully saturated rings. The number of anilines is 1. The molecule has 0 saturated carbocycles. The summed E-state index contributed by atoms with van der Waals surface area (Å²) in [5.74, 6) is 0.394. The summed E-state index contributed by atoms with van der Waals surface area (Å²) in [6.07, 6.45) is 3.96. The van der Waals surface area contributed by atoms with E-state index in [2.05, 4.69) is 33.1 Å². The summed E-state index contributed by atoms with van der Waals surface area (Å²) in [5.41, 5.74) is 6.96. The standard InChI is InChI=1S/C16H24BrN3O/c1-12(11-20-5-3-2-4-6-20)10-19-16(21)13-7-14(17)9-15(18)8-13/h7-9,12H,2-6,10-11,18H2,1H3,(H,19,21). The van der Waals surface area contributed by atoms with Gasteiger partial charge in [-0.3, -0.25) is 4.79 Å². The molecule has 1 unspecified atom stereocenters. The van der Waals surface area contributed by atoms with Gasteiger partial charge in [0.05, 0.1) is 0 Å². The molecule has 1 atom stereocenters. The van der Waals surface area contributed by atoms with E-state index in [9.17, 15) is 4.79 Å². The second kappa shape index (κ2) is 7.80. The molecule has 2 rings (SSSR count). The Morgan fingerprint density at radius 2 is 2.05 bits per heavy atom. The monoisotopic (exact) mass is 353 g/mol. The van der Waals surface area contributed by atoms with E-state index in [4.69, 9.17) is 5.73 Å². The molecule has 0 radical (unpaired) electrons. The number of carbonyl (C=O) groups excluding carboxylic acids is 1. The van der Waals surface area contributed by atoms with Gasteiger partial charge in [-0.05, 0) is 50.0 Å². The molecular weight excluding hydrogens is 330 g/mol. The first-order valence-corrected chi connectivity index (χ1v) is 8.40. The predicted octanol–water partition coefficient (Wildman–Crippen LogP) is 2.88. The van der Waals surface area contributed by atoms with Crippen LogP contribution in [-0.4, -0.2) is 37.0 Å². The number of rotatable bonds is 5. The summed E-state index contributed by atoms with van der Waals surface area (Å²) in [5, 5.41) is 3.00. The van der Waals surface area contributed by atoms with Gasteiger partial charge in [0.15, 0.2) is 0 Å². The van der Waals surface area contributed by atoms with Crippen molar-refractivity contribution in [3.8, 4) is 0 Å². The van der Waals surface area contributed by atoms with Crippen LogP contribution in [0.15, 0.2) is 22.7 Å². The molecule has 116 valence electrons. The maximum atomic E-state index is 12.1. The lowest BCUT2D eigenvalue weighted by Crippen LogP contribution is -2.38. The smallest absolute Gasteiger partial charge is 0.251 e. The minimum absolute atomic E-state index is 0.0616.